The number of terminal acetylenes is 1. The second kappa shape index (κ2) is 6.52. The van der Waals surface area contributed by atoms with Gasteiger partial charge in [0.15, 0.2) is 0 Å². The molecular formula is C12H13NO4S-2. The first kappa shape index (κ1) is 14.7. The Balaban J connectivity index is 0.000000280. The molecule has 0 unspecified atom stereocenters. The van der Waals surface area contributed by atoms with E-state index < -0.39 is 10.4 Å². The molecule has 0 heterocycles. The van der Waals surface area contributed by atoms with Crippen LogP contribution in [0.25, 0.3) is 0 Å². The van der Waals surface area contributed by atoms with Crippen LogP contribution in [-0.4, -0.2) is 24.1 Å². The summed E-state index contributed by atoms with van der Waals surface area (Å²) in [5.74, 6) is 2.61. The minimum Gasteiger partial charge on any atom is -0.759 e. The lowest BCUT2D eigenvalue weighted by atomic mass is 10.1. The first-order valence-corrected chi connectivity index (χ1v) is 6.66. The maximum Gasteiger partial charge on any atom is 0.0578 e. The van der Waals surface area contributed by atoms with Crippen LogP contribution in [0.4, 0.5) is 0 Å². The van der Waals surface area contributed by atoms with Crippen molar-refractivity contribution in [3.05, 3.63) is 35.4 Å². The van der Waals surface area contributed by atoms with E-state index in [1.165, 1.54) is 24.0 Å². The van der Waals surface area contributed by atoms with Crippen molar-refractivity contribution in [3.63, 3.8) is 0 Å². The Morgan fingerprint density at radius 2 is 2.00 bits per heavy atom. The zero-order valence-corrected chi connectivity index (χ0v) is 10.4. The molecule has 0 aliphatic heterocycles. The zero-order valence-electron chi connectivity index (χ0n) is 9.63. The number of rotatable bonds is 2. The predicted octanol–water partition coefficient (Wildman–Crippen LogP) is 0.559. The van der Waals surface area contributed by atoms with Crippen LogP contribution in [0.2, 0.25) is 0 Å². The van der Waals surface area contributed by atoms with Crippen molar-refractivity contribution < 1.29 is 17.5 Å². The number of aryl methyl sites for hydroxylation is 1. The van der Waals surface area contributed by atoms with Gasteiger partial charge in [-0.2, -0.15) is 0 Å². The molecule has 1 N–H and O–H groups in total. The third-order valence-electron chi connectivity index (χ3n) is 2.58. The molecule has 0 saturated heterocycles. The molecule has 98 valence electrons. The molecule has 1 aromatic carbocycles. The fourth-order valence-corrected chi connectivity index (χ4v) is 1.95. The Hall–Kier alpha value is -1.39. The Morgan fingerprint density at radius 1 is 1.39 bits per heavy atom. The van der Waals surface area contributed by atoms with Gasteiger partial charge in [-0.1, -0.05) is 30.2 Å². The van der Waals surface area contributed by atoms with Crippen LogP contribution in [0.3, 0.4) is 0 Å². The summed E-state index contributed by atoms with van der Waals surface area (Å²) in [4.78, 5) is 0. The van der Waals surface area contributed by atoms with Gasteiger partial charge in [0.25, 0.3) is 0 Å². The topological polar surface area (TPSA) is 92.3 Å². The summed E-state index contributed by atoms with van der Waals surface area (Å²) in [5.41, 5.74) is 2.90. The standard InChI is InChI=1S/C12H13N.H2O4S/c1-2-9-13-12-8-7-10-5-3-4-6-11(10)12;1-5(2,3)4/h1,3-6,12-13H,7-9H2;(H2,1,2,3,4)/p-2/t12-;/m1./s1. The third kappa shape index (κ3) is 5.29. The van der Waals surface area contributed by atoms with Gasteiger partial charge in [-0.15, -0.1) is 6.42 Å². The molecule has 0 saturated carbocycles. The summed E-state index contributed by atoms with van der Waals surface area (Å²) in [6, 6.07) is 9.06. The normalized spacial score (nSPS) is 17.3. The number of hydrogen-bond donors (Lipinski definition) is 1. The molecule has 18 heavy (non-hydrogen) atoms. The summed E-state index contributed by atoms with van der Waals surface area (Å²) in [5, 5.41) is 3.35. The van der Waals surface area contributed by atoms with Crippen LogP contribution in [0.15, 0.2) is 24.3 Å². The number of benzene rings is 1. The highest BCUT2D eigenvalue weighted by atomic mass is 32.3. The Kier molecular flexibility index (Phi) is 5.31. The highest BCUT2D eigenvalue weighted by molar-refractivity contribution is 7.79. The summed E-state index contributed by atoms with van der Waals surface area (Å²) in [6.45, 7) is 0.666. The van der Waals surface area contributed by atoms with Crippen LogP contribution < -0.4 is 5.32 Å². The SMILES string of the molecule is C#CCN[C@@H]1CCc2ccccc21.O=S(=O)([O-])[O-]. The Labute approximate surface area is 107 Å². The molecule has 0 fully saturated rings. The lowest BCUT2D eigenvalue weighted by Gasteiger charge is -2.10. The molecule has 6 heteroatoms. The Morgan fingerprint density at radius 3 is 2.61 bits per heavy atom. The van der Waals surface area contributed by atoms with Gasteiger partial charge in [-0.3, -0.25) is 13.7 Å². The maximum atomic E-state index is 8.52. The van der Waals surface area contributed by atoms with Crippen LogP contribution in [0.5, 0.6) is 0 Å². The van der Waals surface area contributed by atoms with Crippen LogP contribution >= 0.6 is 0 Å². The molecule has 0 bridgehead atoms. The first-order valence-electron chi connectivity index (χ1n) is 5.33. The van der Waals surface area contributed by atoms with E-state index in [-0.39, 0.29) is 0 Å². The molecular weight excluding hydrogens is 254 g/mol. The molecule has 1 atom stereocenters. The van der Waals surface area contributed by atoms with E-state index in [0.29, 0.717) is 12.6 Å². The summed E-state index contributed by atoms with van der Waals surface area (Å²) in [6.07, 6.45) is 7.57. The van der Waals surface area contributed by atoms with Crippen molar-refractivity contribution in [1.29, 1.82) is 0 Å². The highest BCUT2D eigenvalue weighted by Crippen LogP contribution is 2.30. The summed E-state index contributed by atoms with van der Waals surface area (Å²) in [7, 11) is -5.17. The fourth-order valence-electron chi connectivity index (χ4n) is 1.95. The number of fused-ring (bicyclic) bond motifs is 1. The molecule has 5 nitrogen and oxygen atoms in total. The van der Waals surface area contributed by atoms with Crippen LogP contribution in [0.1, 0.15) is 23.6 Å². The highest BCUT2D eigenvalue weighted by Gasteiger charge is 2.20. The second-order valence-electron chi connectivity index (χ2n) is 3.78. The predicted molar refractivity (Wildman–Crippen MR) is 64.8 cm³/mol. The molecule has 2 rings (SSSR count). The molecule has 1 aromatic rings. The second-order valence-corrected chi connectivity index (χ2v) is 4.60. The average molecular weight is 267 g/mol. The van der Waals surface area contributed by atoms with E-state index in [2.05, 4.69) is 35.5 Å². The van der Waals surface area contributed by atoms with Crippen LogP contribution in [-0.2, 0) is 16.8 Å². The number of nitrogens with one attached hydrogen (secondary N) is 1. The van der Waals surface area contributed by atoms with Gasteiger partial charge in [-0.05, 0) is 24.0 Å². The smallest absolute Gasteiger partial charge is 0.0578 e. The van der Waals surface area contributed by atoms with Crippen molar-refractivity contribution >= 4 is 10.4 Å². The molecule has 0 amide bonds. The molecule has 1 aliphatic rings. The molecule has 1 aliphatic carbocycles. The van der Waals surface area contributed by atoms with Crippen molar-refractivity contribution in [3.8, 4) is 12.3 Å². The van der Waals surface area contributed by atoms with Crippen molar-refractivity contribution in [2.75, 3.05) is 6.54 Å². The van der Waals surface area contributed by atoms with Gasteiger partial charge < -0.3 is 9.11 Å². The molecule has 0 spiro atoms. The Bertz CT molecular complexity index is 525. The monoisotopic (exact) mass is 267 g/mol. The van der Waals surface area contributed by atoms with Crippen molar-refractivity contribution in [1.82, 2.24) is 5.32 Å². The van der Waals surface area contributed by atoms with E-state index in [9.17, 15) is 0 Å². The molecule has 0 aromatic heterocycles. The average Bonchev–Trinajstić information content (AvgIpc) is 2.67. The fraction of sp³-hybridized carbons (Fsp3) is 0.333. The quantitative estimate of drug-likeness (QED) is 0.480. The van der Waals surface area contributed by atoms with Gasteiger partial charge in [0, 0.05) is 16.4 Å². The van der Waals surface area contributed by atoms with Gasteiger partial charge >= 0.3 is 0 Å². The lowest BCUT2D eigenvalue weighted by Crippen LogP contribution is -2.19. The van der Waals surface area contributed by atoms with E-state index in [4.69, 9.17) is 23.9 Å². The largest absolute Gasteiger partial charge is 0.759 e. The summed E-state index contributed by atoms with van der Waals surface area (Å²) < 4.78 is 34.1. The van der Waals surface area contributed by atoms with Crippen molar-refractivity contribution in [2.45, 2.75) is 18.9 Å². The maximum absolute atomic E-state index is 8.52. The van der Waals surface area contributed by atoms with E-state index >= 15 is 0 Å². The minimum absolute atomic E-state index is 0.479. The zero-order chi connectivity index (χ0) is 13.6. The van der Waals surface area contributed by atoms with Crippen molar-refractivity contribution in [2.24, 2.45) is 0 Å². The van der Waals surface area contributed by atoms with Gasteiger partial charge in [0.1, 0.15) is 0 Å². The van der Waals surface area contributed by atoms with Gasteiger partial charge in [0.2, 0.25) is 0 Å². The van der Waals surface area contributed by atoms with Gasteiger partial charge in [0.05, 0.1) is 6.54 Å². The van der Waals surface area contributed by atoms with Gasteiger partial charge in [-0.25, -0.2) is 0 Å². The van der Waals surface area contributed by atoms with E-state index in [1.807, 2.05) is 0 Å². The number of hydrogen-bond acceptors (Lipinski definition) is 5. The van der Waals surface area contributed by atoms with E-state index in [1.54, 1.807) is 0 Å². The minimum atomic E-state index is -5.17. The molecule has 0 radical (unpaired) electrons. The lowest BCUT2D eigenvalue weighted by molar-refractivity contribution is 0.352. The van der Waals surface area contributed by atoms with E-state index in [0.717, 1.165) is 0 Å². The van der Waals surface area contributed by atoms with Crippen LogP contribution in [0, 0.1) is 12.3 Å². The summed E-state index contributed by atoms with van der Waals surface area (Å²) >= 11 is 0. The first-order chi connectivity index (χ1) is 8.42. The third-order valence-corrected chi connectivity index (χ3v) is 2.58.